The third-order valence-corrected chi connectivity index (χ3v) is 5.17. The first-order chi connectivity index (χ1) is 14.6. The van der Waals surface area contributed by atoms with Crippen LogP contribution in [0.4, 0.5) is 5.82 Å². The van der Waals surface area contributed by atoms with Crippen molar-refractivity contribution in [2.75, 3.05) is 45.7 Å². The van der Waals surface area contributed by atoms with Crippen molar-refractivity contribution in [3.63, 3.8) is 0 Å². The number of carbonyl (C=O) groups is 2. The van der Waals surface area contributed by atoms with E-state index in [4.69, 9.17) is 4.74 Å². The molecule has 7 nitrogen and oxygen atoms in total. The van der Waals surface area contributed by atoms with Gasteiger partial charge in [-0.15, -0.1) is 0 Å². The summed E-state index contributed by atoms with van der Waals surface area (Å²) in [6.07, 6.45) is 2.28. The number of hydrogen-bond donors (Lipinski definition) is 1. The first-order valence-electron chi connectivity index (χ1n) is 10.4. The quantitative estimate of drug-likeness (QED) is 0.842. The first kappa shape index (κ1) is 21.8. The van der Waals surface area contributed by atoms with Crippen LogP contribution in [0.3, 0.4) is 0 Å². The van der Waals surface area contributed by atoms with Crippen LogP contribution in [0.1, 0.15) is 34.5 Å². The third kappa shape index (κ3) is 6.03. The second kappa shape index (κ2) is 10.7. The molecule has 0 atom stereocenters. The number of anilines is 1. The van der Waals surface area contributed by atoms with Gasteiger partial charge in [-0.25, -0.2) is 4.98 Å². The Morgan fingerprint density at radius 3 is 2.83 bits per heavy atom. The van der Waals surface area contributed by atoms with Gasteiger partial charge >= 0.3 is 0 Å². The summed E-state index contributed by atoms with van der Waals surface area (Å²) >= 11 is 0. The Kier molecular flexibility index (Phi) is 7.79. The first-order valence-corrected chi connectivity index (χ1v) is 10.4. The number of carbonyl (C=O) groups excluding carboxylic acids is 2. The van der Waals surface area contributed by atoms with E-state index in [9.17, 15) is 9.59 Å². The summed E-state index contributed by atoms with van der Waals surface area (Å²) in [5.74, 6) is 0.664. The van der Waals surface area contributed by atoms with Gasteiger partial charge in [0.05, 0.1) is 6.61 Å². The highest BCUT2D eigenvalue weighted by Gasteiger charge is 2.21. The van der Waals surface area contributed by atoms with E-state index < -0.39 is 0 Å². The highest BCUT2D eigenvalue weighted by atomic mass is 16.5. The zero-order valence-electron chi connectivity index (χ0n) is 17.8. The molecule has 0 unspecified atom stereocenters. The Morgan fingerprint density at radius 1 is 1.17 bits per heavy atom. The Morgan fingerprint density at radius 2 is 2.00 bits per heavy atom. The molecule has 1 N–H and O–H groups in total. The van der Waals surface area contributed by atoms with E-state index in [0.29, 0.717) is 25.3 Å². The Hall–Kier alpha value is -2.93. The van der Waals surface area contributed by atoms with Gasteiger partial charge in [0.25, 0.3) is 5.91 Å². The van der Waals surface area contributed by atoms with Gasteiger partial charge in [0.2, 0.25) is 5.91 Å². The Balaban J connectivity index is 1.79. The number of methoxy groups -OCH3 is 1. The molecule has 3 rings (SSSR count). The molecule has 0 radical (unpaired) electrons. The van der Waals surface area contributed by atoms with Crippen molar-refractivity contribution in [3.05, 3.63) is 59.3 Å². The maximum Gasteiger partial charge on any atom is 0.254 e. The van der Waals surface area contributed by atoms with Gasteiger partial charge in [-0.2, -0.15) is 0 Å². The van der Waals surface area contributed by atoms with E-state index in [1.54, 1.807) is 30.0 Å². The number of pyridine rings is 1. The van der Waals surface area contributed by atoms with Gasteiger partial charge in [-0.05, 0) is 49.1 Å². The van der Waals surface area contributed by atoms with Gasteiger partial charge in [0.1, 0.15) is 12.4 Å². The molecule has 160 valence electrons. The van der Waals surface area contributed by atoms with Crippen LogP contribution < -0.4 is 5.32 Å². The van der Waals surface area contributed by atoms with Crippen molar-refractivity contribution in [3.8, 4) is 0 Å². The van der Waals surface area contributed by atoms with Gasteiger partial charge in [-0.1, -0.05) is 18.2 Å². The lowest BCUT2D eigenvalue weighted by molar-refractivity contribution is -0.130. The second-order valence-electron chi connectivity index (χ2n) is 7.57. The van der Waals surface area contributed by atoms with E-state index in [0.717, 1.165) is 42.9 Å². The van der Waals surface area contributed by atoms with Crippen molar-refractivity contribution >= 4 is 17.6 Å². The standard InChI is InChI=1S/C23H30N4O3/c1-26-13-6-12-24-21-11-4-9-20(25-21)10-5-14-27(16-22(26)28)23(29)19-8-3-7-18(15-19)17-30-2/h3-4,7-9,11,15H,5-6,10,12-14,16-17H2,1-2H3,(H,24,25). The van der Waals surface area contributed by atoms with Crippen molar-refractivity contribution in [2.45, 2.75) is 25.9 Å². The number of ether oxygens (including phenoxy) is 1. The van der Waals surface area contributed by atoms with Crippen LogP contribution in [0.5, 0.6) is 0 Å². The van der Waals surface area contributed by atoms with E-state index >= 15 is 0 Å². The summed E-state index contributed by atoms with van der Waals surface area (Å²) in [7, 11) is 3.41. The van der Waals surface area contributed by atoms with Gasteiger partial charge in [0, 0.05) is 45.0 Å². The molecule has 2 bridgehead atoms. The Bertz CT molecular complexity index is 871. The van der Waals surface area contributed by atoms with Crippen molar-refractivity contribution in [2.24, 2.45) is 0 Å². The number of rotatable bonds is 3. The van der Waals surface area contributed by atoms with E-state index in [-0.39, 0.29) is 18.4 Å². The SMILES string of the molecule is COCc1cccc(C(=O)N2CCCc3cccc(n3)NCCCN(C)C(=O)C2)c1. The molecule has 2 heterocycles. The average Bonchev–Trinajstić information content (AvgIpc) is 2.75. The van der Waals surface area contributed by atoms with Crippen LogP contribution >= 0.6 is 0 Å². The molecule has 30 heavy (non-hydrogen) atoms. The van der Waals surface area contributed by atoms with Crippen LogP contribution in [0.2, 0.25) is 0 Å². The number of benzene rings is 1. The fourth-order valence-corrected chi connectivity index (χ4v) is 3.51. The van der Waals surface area contributed by atoms with E-state index in [2.05, 4.69) is 10.3 Å². The molecule has 1 aromatic heterocycles. The summed E-state index contributed by atoms with van der Waals surface area (Å²) in [6, 6.07) is 13.3. The van der Waals surface area contributed by atoms with Crippen LogP contribution in [-0.4, -0.2) is 66.9 Å². The Labute approximate surface area is 178 Å². The minimum Gasteiger partial charge on any atom is -0.380 e. The number of likely N-dealkylation sites (N-methyl/N-ethyl adjacent to an activating group) is 1. The number of amides is 2. The molecule has 7 heteroatoms. The highest BCUT2D eigenvalue weighted by Crippen LogP contribution is 2.13. The molecule has 0 saturated carbocycles. The number of nitrogens with zero attached hydrogens (tertiary/aromatic N) is 3. The van der Waals surface area contributed by atoms with Crippen molar-refractivity contribution in [1.82, 2.24) is 14.8 Å². The number of aromatic nitrogens is 1. The normalized spacial score (nSPS) is 16.0. The minimum atomic E-state index is -0.134. The van der Waals surface area contributed by atoms with Gasteiger partial charge in [0.15, 0.2) is 0 Å². The average molecular weight is 411 g/mol. The predicted octanol–water partition coefficient (Wildman–Crippen LogP) is 2.58. The minimum absolute atomic E-state index is 0.0508. The summed E-state index contributed by atoms with van der Waals surface area (Å²) in [4.78, 5) is 33.9. The molecule has 1 aliphatic rings. The molecule has 0 aliphatic carbocycles. The summed E-state index contributed by atoms with van der Waals surface area (Å²) in [6.45, 7) is 2.37. The largest absolute Gasteiger partial charge is 0.380 e. The second-order valence-corrected chi connectivity index (χ2v) is 7.57. The lowest BCUT2D eigenvalue weighted by atomic mass is 10.1. The monoisotopic (exact) mass is 410 g/mol. The summed E-state index contributed by atoms with van der Waals surface area (Å²) in [5, 5.41) is 3.31. The van der Waals surface area contributed by atoms with E-state index in [1.165, 1.54) is 0 Å². The summed E-state index contributed by atoms with van der Waals surface area (Å²) in [5.41, 5.74) is 2.49. The number of hydrogen-bond acceptors (Lipinski definition) is 5. The number of fused-ring (bicyclic) bond motifs is 2. The number of aryl methyl sites for hydroxylation is 1. The maximum atomic E-state index is 13.2. The van der Waals surface area contributed by atoms with Crippen LogP contribution in [0, 0.1) is 0 Å². The zero-order chi connectivity index (χ0) is 21.3. The molecular weight excluding hydrogens is 380 g/mol. The lowest BCUT2D eigenvalue weighted by Crippen LogP contribution is -2.42. The maximum absolute atomic E-state index is 13.2. The molecule has 0 spiro atoms. The van der Waals surface area contributed by atoms with Crippen LogP contribution in [0.15, 0.2) is 42.5 Å². The molecule has 1 aromatic carbocycles. The molecule has 0 saturated heterocycles. The highest BCUT2D eigenvalue weighted by molar-refractivity contribution is 5.96. The predicted molar refractivity (Wildman–Crippen MR) is 116 cm³/mol. The summed E-state index contributed by atoms with van der Waals surface area (Å²) < 4.78 is 5.18. The van der Waals surface area contributed by atoms with Crippen molar-refractivity contribution < 1.29 is 14.3 Å². The fraction of sp³-hybridized carbons (Fsp3) is 0.435. The van der Waals surface area contributed by atoms with Gasteiger partial charge < -0.3 is 19.9 Å². The van der Waals surface area contributed by atoms with E-state index in [1.807, 2.05) is 36.4 Å². The molecule has 2 amide bonds. The molecule has 1 aliphatic heterocycles. The smallest absolute Gasteiger partial charge is 0.254 e. The van der Waals surface area contributed by atoms with Crippen LogP contribution in [0.25, 0.3) is 0 Å². The molecular formula is C23H30N4O3. The third-order valence-electron chi connectivity index (χ3n) is 5.17. The molecule has 0 fully saturated rings. The number of nitrogens with one attached hydrogen (secondary N) is 1. The van der Waals surface area contributed by atoms with Crippen LogP contribution in [-0.2, 0) is 22.6 Å². The lowest BCUT2D eigenvalue weighted by Gasteiger charge is -2.26. The van der Waals surface area contributed by atoms with Gasteiger partial charge in [-0.3, -0.25) is 9.59 Å². The molecule has 2 aromatic rings. The topological polar surface area (TPSA) is 74.8 Å². The zero-order valence-corrected chi connectivity index (χ0v) is 17.8. The van der Waals surface area contributed by atoms with Crippen molar-refractivity contribution in [1.29, 1.82) is 0 Å². The fourth-order valence-electron chi connectivity index (χ4n) is 3.51.